The average molecular weight is 466 g/mol. The fourth-order valence-corrected chi connectivity index (χ4v) is 4.14. The summed E-state index contributed by atoms with van der Waals surface area (Å²) in [6.45, 7) is 3.12. The zero-order valence-electron chi connectivity index (χ0n) is 19.6. The molecule has 0 aliphatic heterocycles. The summed E-state index contributed by atoms with van der Waals surface area (Å²) in [7, 11) is 0. The Labute approximate surface area is 203 Å². The molecular formula is C27H27N7O. The summed E-state index contributed by atoms with van der Waals surface area (Å²) in [5, 5.41) is 18.8. The minimum Gasteiger partial charge on any atom is -0.274 e. The Kier molecular flexibility index (Phi) is 6.61. The topological polar surface area (TPSA) is 94.3 Å². The first-order valence-corrected chi connectivity index (χ1v) is 11.8. The van der Waals surface area contributed by atoms with E-state index >= 15 is 0 Å². The van der Waals surface area contributed by atoms with Crippen LogP contribution in [-0.4, -0.2) is 35.0 Å². The molecule has 0 amide bonds. The second kappa shape index (κ2) is 10.3. The number of aromatic amines is 1. The molecule has 176 valence electrons. The van der Waals surface area contributed by atoms with Crippen LogP contribution in [0.3, 0.4) is 0 Å². The van der Waals surface area contributed by atoms with Crippen molar-refractivity contribution in [3.8, 4) is 22.5 Å². The smallest absolute Gasteiger partial charge is 0.274 e. The largest absolute Gasteiger partial charge is 0.346 e. The Balaban J connectivity index is 1.39. The van der Waals surface area contributed by atoms with E-state index in [0.29, 0.717) is 18.9 Å². The molecule has 0 aliphatic rings. The number of tetrazole rings is 1. The highest BCUT2D eigenvalue weighted by molar-refractivity contribution is 5.70. The zero-order chi connectivity index (χ0) is 24.0. The normalized spacial score (nSPS) is 11.1. The minimum atomic E-state index is -0.0719. The maximum absolute atomic E-state index is 13.2. The molecule has 0 spiro atoms. The van der Waals surface area contributed by atoms with Gasteiger partial charge in [0.1, 0.15) is 5.82 Å². The van der Waals surface area contributed by atoms with Crippen molar-refractivity contribution in [3.63, 3.8) is 0 Å². The van der Waals surface area contributed by atoms with Crippen molar-refractivity contribution >= 4 is 0 Å². The molecule has 0 saturated carbocycles. The van der Waals surface area contributed by atoms with Crippen LogP contribution in [0.5, 0.6) is 0 Å². The van der Waals surface area contributed by atoms with Gasteiger partial charge in [-0.1, -0.05) is 86.1 Å². The maximum atomic E-state index is 13.2. The number of unbranched alkanes of at least 4 members (excludes halogenated alkanes) is 1. The second-order valence-corrected chi connectivity index (χ2v) is 8.56. The van der Waals surface area contributed by atoms with Gasteiger partial charge in [-0.15, -0.1) is 5.10 Å². The fourth-order valence-electron chi connectivity index (χ4n) is 4.14. The Hall–Kier alpha value is -4.33. The summed E-state index contributed by atoms with van der Waals surface area (Å²) in [6, 6.07) is 26.3. The zero-order valence-corrected chi connectivity index (χ0v) is 19.6. The SMILES string of the molecule is CCCCc1nn(Cc2ccccc2)c(=O)n1Cc1ccc(-c2cccc(-c3nnn[nH]3)c2)cc1. The molecule has 5 aromatic rings. The molecule has 2 aromatic heterocycles. The lowest BCUT2D eigenvalue weighted by Crippen LogP contribution is -2.26. The number of hydrogen-bond donors (Lipinski definition) is 1. The Morgan fingerprint density at radius 3 is 2.34 bits per heavy atom. The van der Waals surface area contributed by atoms with Crippen LogP contribution in [0, 0.1) is 0 Å². The highest BCUT2D eigenvalue weighted by Gasteiger charge is 2.14. The van der Waals surface area contributed by atoms with Gasteiger partial charge < -0.3 is 0 Å². The molecule has 0 fully saturated rings. The van der Waals surface area contributed by atoms with Crippen molar-refractivity contribution in [1.29, 1.82) is 0 Å². The van der Waals surface area contributed by atoms with E-state index in [1.165, 1.54) is 0 Å². The molecule has 8 heteroatoms. The number of rotatable bonds is 9. The number of H-pyrrole nitrogens is 1. The Bertz CT molecular complexity index is 1440. The van der Waals surface area contributed by atoms with Crippen LogP contribution < -0.4 is 5.69 Å². The van der Waals surface area contributed by atoms with E-state index in [-0.39, 0.29) is 5.69 Å². The molecular weight excluding hydrogens is 438 g/mol. The van der Waals surface area contributed by atoms with E-state index in [1.807, 2.05) is 47.0 Å². The lowest BCUT2D eigenvalue weighted by atomic mass is 10.0. The van der Waals surface area contributed by atoms with Crippen LogP contribution in [0.15, 0.2) is 83.7 Å². The van der Waals surface area contributed by atoms with E-state index < -0.39 is 0 Å². The monoisotopic (exact) mass is 465 g/mol. The molecule has 0 bridgehead atoms. The minimum absolute atomic E-state index is 0.0719. The number of hydrogen-bond acceptors (Lipinski definition) is 5. The molecule has 2 heterocycles. The summed E-state index contributed by atoms with van der Waals surface area (Å²) in [4.78, 5) is 13.2. The van der Waals surface area contributed by atoms with E-state index in [4.69, 9.17) is 0 Å². The van der Waals surface area contributed by atoms with Crippen LogP contribution in [0.1, 0.15) is 36.7 Å². The van der Waals surface area contributed by atoms with Crippen molar-refractivity contribution in [3.05, 3.63) is 106 Å². The third kappa shape index (κ3) is 5.11. The summed E-state index contributed by atoms with van der Waals surface area (Å²) in [6.07, 6.45) is 2.84. The van der Waals surface area contributed by atoms with Crippen LogP contribution in [0.4, 0.5) is 0 Å². The van der Waals surface area contributed by atoms with Crippen LogP contribution >= 0.6 is 0 Å². The number of benzene rings is 3. The third-order valence-corrected chi connectivity index (χ3v) is 6.04. The van der Waals surface area contributed by atoms with Crippen LogP contribution in [0.25, 0.3) is 22.5 Å². The number of aromatic nitrogens is 7. The van der Waals surface area contributed by atoms with Crippen molar-refractivity contribution < 1.29 is 0 Å². The van der Waals surface area contributed by atoms with E-state index in [2.05, 4.69) is 69.0 Å². The van der Waals surface area contributed by atoms with Gasteiger partial charge in [0, 0.05) is 12.0 Å². The van der Waals surface area contributed by atoms with Gasteiger partial charge in [0.15, 0.2) is 5.82 Å². The van der Waals surface area contributed by atoms with E-state index in [1.54, 1.807) is 4.68 Å². The molecule has 5 rings (SSSR count). The molecule has 0 atom stereocenters. The molecule has 0 unspecified atom stereocenters. The van der Waals surface area contributed by atoms with Crippen molar-refractivity contribution in [1.82, 2.24) is 35.0 Å². The quantitative estimate of drug-likeness (QED) is 0.350. The second-order valence-electron chi connectivity index (χ2n) is 8.56. The number of aryl methyl sites for hydroxylation is 1. The van der Waals surface area contributed by atoms with E-state index in [9.17, 15) is 4.79 Å². The molecule has 35 heavy (non-hydrogen) atoms. The maximum Gasteiger partial charge on any atom is 0.346 e. The molecule has 3 aromatic carbocycles. The first-order chi connectivity index (χ1) is 17.2. The van der Waals surface area contributed by atoms with E-state index in [0.717, 1.165) is 52.9 Å². The number of nitrogens with zero attached hydrogens (tertiary/aromatic N) is 6. The molecule has 0 aliphatic carbocycles. The van der Waals surface area contributed by atoms with Gasteiger partial charge in [0.05, 0.1) is 13.1 Å². The fraction of sp³-hybridized carbons (Fsp3) is 0.222. The van der Waals surface area contributed by atoms with Crippen LogP contribution in [0.2, 0.25) is 0 Å². The Morgan fingerprint density at radius 1 is 0.829 bits per heavy atom. The highest BCUT2D eigenvalue weighted by atomic mass is 16.2. The average Bonchev–Trinajstić information content (AvgIpc) is 3.54. The molecule has 0 radical (unpaired) electrons. The van der Waals surface area contributed by atoms with Gasteiger partial charge in [-0.2, -0.15) is 5.10 Å². The standard InChI is InChI=1S/C27H27N7O/c1-2-3-12-25-30-34(19-20-8-5-4-6-9-20)27(35)33(25)18-21-13-15-22(16-14-21)23-10-7-11-24(17-23)26-28-31-32-29-26/h4-11,13-17H,2-3,12,18-19H2,1H3,(H,28,29,31,32). The third-order valence-electron chi connectivity index (χ3n) is 6.04. The summed E-state index contributed by atoms with van der Waals surface area (Å²) < 4.78 is 3.39. The summed E-state index contributed by atoms with van der Waals surface area (Å²) in [5.74, 6) is 1.47. The molecule has 1 N–H and O–H groups in total. The van der Waals surface area contributed by atoms with Gasteiger partial charge in [0.25, 0.3) is 0 Å². The molecule has 0 saturated heterocycles. The predicted molar refractivity (Wildman–Crippen MR) is 135 cm³/mol. The summed E-state index contributed by atoms with van der Waals surface area (Å²) in [5.41, 5.74) is 5.13. The van der Waals surface area contributed by atoms with Gasteiger partial charge >= 0.3 is 5.69 Å². The van der Waals surface area contributed by atoms with Crippen molar-refractivity contribution in [2.45, 2.75) is 39.3 Å². The summed E-state index contributed by atoms with van der Waals surface area (Å²) >= 11 is 0. The Morgan fingerprint density at radius 2 is 1.60 bits per heavy atom. The lowest BCUT2D eigenvalue weighted by Gasteiger charge is -2.08. The molecule has 8 nitrogen and oxygen atoms in total. The predicted octanol–water partition coefficient (Wildman–Crippen LogP) is 4.33. The van der Waals surface area contributed by atoms with Gasteiger partial charge in [-0.25, -0.2) is 14.6 Å². The lowest BCUT2D eigenvalue weighted by molar-refractivity contribution is 0.637. The van der Waals surface area contributed by atoms with Gasteiger partial charge in [-0.05, 0) is 45.2 Å². The van der Waals surface area contributed by atoms with Crippen molar-refractivity contribution in [2.75, 3.05) is 0 Å². The first kappa shape index (κ1) is 22.5. The number of nitrogens with one attached hydrogen (secondary N) is 1. The van der Waals surface area contributed by atoms with Gasteiger partial charge in [-0.3, -0.25) is 4.57 Å². The highest BCUT2D eigenvalue weighted by Crippen LogP contribution is 2.24. The van der Waals surface area contributed by atoms with Crippen LogP contribution in [-0.2, 0) is 19.5 Å². The first-order valence-electron chi connectivity index (χ1n) is 11.8. The van der Waals surface area contributed by atoms with Crippen molar-refractivity contribution in [2.24, 2.45) is 0 Å². The van der Waals surface area contributed by atoms with Gasteiger partial charge in [0.2, 0.25) is 0 Å².